The van der Waals surface area contributed by atoms with Crippen LogP contribution in [0.15, 0.2) is 85.5 Å². The van der Waals surface area contributed by atoms with Crippen LogP contribution >= 0.6 is 23.2 Å². The lowest BCUT2D eigenvalue weighted by Crippen LogP contribution is -2.53. The highest BCUT2D eigenvalue weighted by Gasteiger charge is 2.58. The third-order valence-electron chi connectivity index (χ3n) is 18.1. The number of aromatic nitrogens is 12. The van der Waals surface area contributed by atoms with Gasteiger partial charge >= 0.3 is 17.9 Å². The van der Waals surface area contributed by atoms with Crippen LogP contribution in [0.2, 0.25) is 0 Å². The first-order valence-electron chi connectivity index (χ1n) is 30.9. The quantitative estimate of drug-likeness (QED) is 0.0287. The van der Waals surface area contributed by atoms with Gasteiger partial charge in [-0.15, -0.1) is 43.6 Å². The molecular formula is C62H82Cl2N12O14. The Kier molecular flexibility index (Phi) is 22.2. The Balaban J connectivity index is 0.753. The van der Waals surface area contributed by atoms with E-state index in [0.29, 0.717) is 60.0 Å². The van der Waals surface area contributed by atoms with Crippen molar-refractivity contribution in [2.24, 2.45) is 41.4 Å². The molecule has 8 heterocycles. The SMILES string of the molecule is CC[C@H]1O[C@H](O[C@]2(CCl)O[C@H](Cn3cc(COCc4cn(C[C@H]5OC(OCc6cn(C[C@H]7OC(OCc8cn(CC)nn8)[C@@H](OC(=O)c8ccccc8)[C@@H](C)[C@@H]7C)nn6)[C@@H](OC(=O)c6ccccc6)[C@@H](C)[C@@H]5C)nn4)nn3)[C@@H](OC(C)=O)[C@@H]2C)C(C)[C@@H](C)[C@H]1Cl. The van der Waals surface area contributed by atoms with Gasteiger partial charge in [0.05, 0.1) is 117 Å². The van der Waals surface area contributed by atoms with E-state index in [0.717, 1.165) is 0 Å². The maximum Gasteiger partial charge on any atom is 0.338 e. The summed E-state index contributed by atoms with van der Waals surface area (Å²) in [5, 5.41) is 34.5. The van der Waals surface area contributed by atoms with Crippen LogP contribution in [0, 0.1) is 41.4 Å². The van der Waals surface area contributed by atoms with Crippen LogP contribution in [0.25, 0.3) is 0 Å². The molecule has 4 aromatic heterocycles. The van der Waals surface area contributed by atoms with Crippen molar-refractivity contribution in [3.05, 3.63) is 119 Å². The van der Waals surface area contributed by atoms with Gasteiger partial charge in [-0.2, -0.15) is 0 Å². The van der Waals surface area contributed by atoms with E-state index >= 15 is 0 Å². The smallest absolute Gasteiger partial charge is 0.338 e. The summed E-state index contributed by atoms with van der Waals surface area (Å²) < 4.78 is 76.7. The molecule has 90 heavy (non-hydrogen) atoms. The molecule has 28 heteroatoms. The molecule has 488 valence electrons. The van der Waals surface area contributed by atoms with Gasteiger partial charge in [0.15, 0.2) is 36.9 Å². The van der Waals surface area contributed by atoms with Gasteiger partial charge in [0, 0.05) is 31.2 Å². The van der Waals surface area contributed by atoms with Crippen LogP contribution in [-0.2, 0) is 110 Å². The standard InChI is InChI=1S/C62H82Cl2N12O14/c1-11-49-53(64)37(5)40(8)59(84-49)90-62(34-63)41(9)56(83-42(10)77)52(89-62)29-76-25-46(66-71-76)31-80-30-45-24-74(70-65-45)27-50-35(3)38(6)55(88-58(79)44-21-17-14-18-22-44)61(85-50)82-33-48-26-75(72-68-48)28-51-36(4)39(7)54(87-57(78)43-19-15-13-16-20-43)60(86-51)81-32-47-23-73(12-2)69-67-47/h13-26,35-41,49-56,59-61H,11-12,27-34H2,1-10H3/t35-,36-,37+,38-,39-,40?,41-,49+,50+,51+,52+,53+,54-,55-,56-,59+,60?,61?,62-/m0/s1. The molecule has 6 aromatic rings. The van der Waals surface area contributed by atoms with Crippen molar-refractivity contribution in [1.82, 2.24) is 60.0 Å². The van der Waals surface area contributed by atoms with E-state index in [2.05, 4.69) is 48.2 Å². The van der Waals surface area contributed by atoms with Crippen molar-refractivity contribution >= 4 is 41.1 Å². The van der Waals surface area contributed by atoms with Crippen molar-refractivity contribution in [2.45, 2.75) is 201 Å². The number of hydrogen-bond acceptors (Lipinski definition) is 22. The van der Waals surface area contributed by atoms with Crippen LogP contribution in [0.4, 0.5) is 0 Å². The minimum atomic E-state index is -1.34. The third-order valence-corrected chi connectivity index (χ3v) is 19.2. The molecule has 19 atom stereocenters. The highest BCUT2D eigenvalue weighted by Crippen LogP contribution is 2.46. The van der Waals surface area contributed by atoms with E-state index in [9.17, 15) is 14.4 Å². The highest BCUT2D eigenvalue weighted by molar-refractivity contribution is 6.21. The summed E-state index contributed by atoms with van der Waals surface area (Å²) in [5.74, 6) is -3.97. The molecule has 2 aromatic carbocycles. The Bertz CT molecular complexity index is 3280. The summed E-state index contributed by atoms with van der Waals surface area (Å²) in [7, 11) is 0. The zero-order valence-electron chi connectivity index (χ0n) is 52.4. The van der Waals surface area contributed by atoms with Crippen molar-refractivity contribution in [1.29, 1.82) is 0 Å². The molecule has 0 spiro atoms. The molecule has 4 fully saturated rings. The van der Waals surface area contributed by atoms with E-state index in [1.807, 2.05) is 67.5 Å². The monoisotopic (exact) mass is 1290 g/mol. The summed E-state index contributed by atoms with van der Waals surface area (Å²) in [4.78, 5) is 39.5. The Morgan fingerprint density at radius 1 is 0.522 bits per heavy atom. The first kappa shape index (κ1) is 66.6. The van der Waals surface area contributed by atoms with Crippen LogP contribution in [0.5, 0.6) is 0 Å². The average Bonchev–Trinajstić information content (AvgIpc) is 1.56. The van der Waals surface area contributed by atoms with Gasteiger partial charge in [0.1, 0.15) is 35.0 Å². The minimum Gasteiger partial charge on any atom is -0.459 e. The Morgan fingerprint density at radius 2 is 0.956 bits per heavy atom. The minimum absolute atomic E-state index is 0.0354. The topological polar surface area (TPSA) is 276 Å². The van der Waals surface area contributed by atoms with Gasteiger partial charge in [-0.25, -0.2) is 23.6 Å². The number of alkyl halides is 2. The van der Waals surface area contributed by atoms with Gasteiger partial charge in [0.2, 0.25) is 0 Å². The lowest BCUT2D eigenvalue weighted by atomic mass is 9.83. The molecule has 10 rings (SSSR count). The van der Waals surface area contributed by atoms with Crippen molar-refractivity contribution in [3.63, 3.8) is 0 Å². The van der Waals surface area contributed by atoms with E-state index in [1.54, 1.807) is 92.0 Å². The Morgan fingerprint density at radius 3 is 1.39 bits per heavy atom. The molecule has 4 saturated heterocycles. The number of ether oxygens (including phenoxy) is 11. The Labute approximate surface area is 533 Å². The number of benzene rings is 2. The molecule has 0 amide bonds. The molecule has 3 unspecified atom stereocenters. The number of aryl methyl sites for hydroxylation is 1. The first-order valence-corrected chi connectivity index (χ1v) is 31.9. The number of carbonyl (C=O) groups is 3. The van der Waals surface area contributed by atoms with Gasteiger partial charge in [-0.3, -0.25) is 9.48 Å². The van der Waals surface area contributed by atoms with Crippen LogP contribution < -0.4 is 0 Å². The number of esters is 3. The molecular weight excluding hydrogens is 1210 g/mol. The van der Waals surface area contributed by atoms with Crippen LogP contribution in [0.1, 0.15) is 119 Å². The summed E-state index contributed by atoms with van der Waals surface area (Å²) in [6, 6.07) is 17.6. The second kappa shape index (κ2) is 30.0. The maximum atomic E-state index is 13.6. The molecule has 0 N–H and O–H groups in total. The fourth-order valence-corrected chi connectivity index (χ4v) is 12.8. The van der Waals surface area contributed by atoms with Crippen molar-refractivity contribution in [3.8, 4) is 0 Å². The van der Waals surface area contributed by atoms with E-state index in [4.69, 9.17) is 75.3 Å². The summed E-state index contributed by atoms with van der Waals surface area (Å²) in [5.41, 5.74) is 3.01. The van der Waals surface area contributed by atoms with E-state index in [-0.39, 0.29) is 85.8 Å². The molecule has 0 bridgehead atoms. The molecule has 4 aliphatic heterocycles. The van der Waals surface area contributed by atoms with Gasteiger partial charge in [-0.1, -0.05) is 113 Å². The lowest BCUT2D eigenvalue weighted by Gasteiger charge is -2.45. The van der Waals surface area contributed by atoms with Crippen molar-refractivity contribution < 1.29 is 66.5 Å². The molecule has 26 nitrogen and oxygen atoms in total. The fourth-order valence-electron chi connectivity index (χ4n) is 12.0. The number of nitrogens with zero attached hydrogens (tertiary/aromatic N) is 12. The third kappa shape index (κ3) is 15.6. The summed E-state index contributed by atoms with van der Waals surface area (Å²) in [6.45, 7) is 21.1. The predicted molar refractivity (Wildman–Crippen MR) is 320 cm³/mol. The van der Waals surface area contributed by atoms with Gasteiger partial charge in [-0.05, 0) is 55.4 Å². The highest BCUT2D eigenvalue weighted by atomic mass is 35.5. The number of rotatable bonds is 26. The molecule has 4 aliphatic rings. The second-order valence-electron chi connectivity index (χ2n) is 24.2. The lowest BCUT2D eigenvalue weighted by molar-refractivity contribution is -0.338. The zero-order valence-corrected chi connectivity index (χ0v) is 53.9. The van der Waals surface area contributed by atoms with Gasteiger partial charge < -0.3 is 52.1 Å². The number of hydrogen-bond donors (Lipinski definition) is 0. The fraction of sp³-hybridized carbons (Fsp3) is 0.629. The number of carbonyl (C=O) groups excluding carboxylic acids is 3. The average molecular weight is 1290 g/mol. The predicted octanol–water partition coefficient (Wildman–Crippen LogP) is 7.60. The summed E-state index contributed by atoms with van der Waals surface area (Å²) in [6.07, 6.45) is 1.15. The van der Waals surface area contributed by atoms with Crippen LogP contribution in [-0.4, -0.2) is 157 Å². The van der Waals surface area contributed by atoms with Gasteiger partial charge in [0.25, 0.3) is 0 Å². The maximum absolute atomic E-state index is 13.6. The Hall–Kier alpha value is -6.33. The molecule has 0 aliphatic carbocycles. The molecule has 0 saturated carbocycles. The molecule has 0 radical (unpaired) electrons. The first-order chi connectivity index (χ1) is 43.3. The summed E-state index contributed by atoms with van der Waals surface area (Å²) >= 11 is 13.4. The van der Waals surface area contributed by atoms with E-state index < -0.39 is 85.1 Å². The van der Waals surface area contributed by atoms with E-state index in [1.165, 1.54) is 6.92 Å². The van der Waals surface area contributed by atoms with Crippen LogP contribution in [0.3, 0.4) is 0 Å². The largest absolute Gasteiger partial charge is 0.459 e. The second-order valence-corrected chi connectivity index (χ2v) is 24.9. The normalized spacial score (nSPS) is 32.0. The zero-order chi connectivity index (χ0) is 63.8. The van der Waals surface area contributed by atoms with Crippen molar-refractivity contribution in [2.75, 3.05) is 5.88 Å². The number of halogens is 2.